The summed E-state index contributed by atoms with van der Waals surface area (Å²) in [5.41, 5.74) is -0.671. The van der Waals surface area contributed by atoms with Crippen LogP contribution in [0.4, 0.5) is 22.0 Å². The van der Waals surface area contributed by atoms with Crippen molar-refractivity contribution in [2.75, 3.05) is 7.05 Å². The number of likely N-dealkylation sites (N-methyl/N-ethyl adjacent to an activating group) is 1. The zero-order valence-corrected chi connectivity index (χ0v) is 16.8. The summed E-state index contributed by atoms with van der Waals surface area (Å²) in [5, 5.41) is 6.99. The Balaban J connectivity index is 1.97. The molecule has 30 heavy (non-hydrogen) atoms. The minimum Gasteiger partial charge on any atom is -0.391 e. The van der Waals surface area contributed by atoms with Crippen molar-refractivity contribution >= 4 is 22.9 Å². The molecule has 10 heteroatoms. The number of aromatic nitrogens is 1. The van der Waals surface area contributed by atoms with Gasteiger partial charge >= 0.3 is 0 Å². The minimum absolute atomic E-state index is 0.466. The van der Waals surface area contributed by atoms with E-state index in [-0.39, 0.29) is 0 Å². The van der Waals surface area contributed by atoms with Crippen molar-refractivity contribution in [1.82, 2.24) is 10.3 Å². The van der Waals surface area contributed by atoms with E-state index in [1.807, 2.05) is 6.07 Å². The lowest BCUT2D eigenvalue weighted by Crippen LogP contribution is -2.50. The zero-order chi connectivity index (χ0) is 21.9. The van der Waals surface area contributed by atoms with Gasteiger partial charge in [0.2, 0.25) is 5.82 Å². The molecule has 2 aromatic rings. The molecule has 1 aliphatic rings. The van der Waals surface area contributed by atoms with Crippen LogP contribution < -0.4 is 5.32 Å². The van der Waals surface area contributed by atoms with Crippen LogP contribution in [-0.2, 0) is 16.9 Å². The maximum absolute atomic E-state index is 13.9. The van der Waals surface area contributed by atoms with E-state index in [1.165, 1.54) is 0 Å². The quantitative estimate of drug-likeness (QED) is 0.239. The fourth-order valence-corrected chi connectivity index (χ4v) is 3.97. The first-order chi connectivity index (χ1) is 14.3. The molecule has 0 amide bonds. The van der Waals surface area contributed by atoms with E-state index in [2.05, 4.69) is 15.5 Å². The number of halogens is 5. The zero-order valence-electron chi connectivity index (χ0n) is 15.9. The van der Waals surface area contributed by atoms with Gasteiger partial charge in [-0.05, 0) is 30.9 Å². The molecule has 0 bridgehead atoms. The molecule has 1 aliphatic carbocycles. The molecule has 1 aromatic carbocycles. The van der Waals surface area contributed by atoms with Crippen molar-refractivity contribution in [2.24, 2.45) is 5.16 Å². The first kappa shape index (κ1) is 22.1. The Bertz CT molecular complexity index is 957. The lowest BCUT2D eigenvalue weighted by atomic mass is 9.68. The van der Waals surface area contributed by atoms with E-state index >= 15 is 0 Å². The largest absolute Gasteiger partial charge is 0.391 e. The Hall–Kier alpha value is -2.62. The topological polar surface area (TPSA) is 46.5 Å². The fraction of sp³-hybridized carbons (Fsp3) is 0.350. The standard InChI is InChI=1S/C20H18F5N3OS/c1-26-19(30)20(11-5-4-8-27-9-11)7-3-2-6-13(20)28-29-10-12-14(21)16(23)18(25)17(24)15(12)22/h4-5,8-9H,2-3,6-7,10H2,1H3,(H,26,30)/b28-13-/t20-/m0/s1. The van der Waals surface area contributed by atoms with Gasteiger partial charge in [-0.1, -0.05) is 29.9 Å². The minimum atomic E-state index is -2.22. The van der Waals surface area contributed by atoms with Crippen LogP contribution in [0.25, 0.3) is 0 Å². The molecule has 0 aliphatic heterocycles. The van der Waals surface area contributed by atoms with E-state index in [1.54, 1.807) is 25.5 Å². The van der Waals surface area contributed by atoms with E-state index in [0.717, 1.165) is 18.4 Å². The third-order valence-corrected chi connectivity index (χ3v) is 5.71. The lowest BCUT2D eigenvalue weighted by molar-refractivity contribution is 0.120. The fourth-order valence-electron chi connectivity index (χ4n) is 3.63. The normalized spacial score (nSPS) is 20.3. The third kappa shape index (κ3) is 3.76. The third-order valence-electron chi connectivity index (χ3n) is 5.16. The number of hydrogen-bond donors (Lipinski definition) is 1. The lowest BCUT2D eigenvalue weighted by Gasteiger charge is -2.38. The van der Waals surface area contributed by atoms with Gasteiger partial charge in [-0.3, -0.25) is 4.98 Å². The molecule has 160 valence electrons. The van der Waals surface area contributed by atoms with Crippen molar-refractivity contribution in [1.29, 1.82) is 0 Å². The molecule has 0 saturated heterocycles. The molecule has 0 unspecified atom stereocenters. The molecule has 4 nitrogen and oxygen atoms in total. The maximum atomic E-state index is 13.9. The number of nitrogens with one attached hydrogen (secondary N) is 1. The molecule has 1 saturated carbocycles. The van der Waals surface area contributed by atoms with Gasteiger partial charge < -0.3 is 10.2 Å². The highest BCUT2D eigenvalue weighted by atomic mass is 32.1. The summed E-state index contributed by atoms with van der Waals surface area (Å²) in [7, 11) is 1.67. The van der Waals surface area contributed by atoms with Crippen molar-refractivity contribution in [3.63, 3.8) is 0 Å². The molecule has 1 N–H and O–H groups in total. The number of benzene rings is 1. The first-order valence-corrected chi connectivity index (χ1v) is 9.57. The van der Waals surface area contributed by atoms with Gasteiger partial charge in [0.15, 0.2) is 23.3 Å². The van der Waals surface area contributed by atoms with Crippen LogP contribution >= 0.6 is 12.2 Å². The van der Waals surface area contributed by atoms with Crippen LogP contribution in [0.15, 0.2) is 29.7 Å². The predicted molar refractivity (Wildman–Crippen MR) is 104 cm³/mol. The van der Waals surface area contributed by atoms with Gasteiger partial charge in [-0.2, -0.15) is 0 Å². The van der Waals surface area contributed by atoms with Crippen LogP contribution in [0.3, 0.4) is 0 Å². The van der Waals surface area contributed by atoms with Crippen LogP contribution in [0.5, 0.6) is 0 Å². The number of oxime groups is 1. The Kier molecular flexibility index (Phi) is 6.64. The van der Waals surface area contributed by atoms with Gasteiger partial charge in [0.1, 0.15) is 6.61 Å². The second-order valence-corrected chi connectivity index (χ2v) is 7.20. The average molecular weight is 443 g/mol. The Morgan fingerprint density at radius 1 is 1.13 bits per heavy atom. The molecule has 1 atom stereocenters. The molecule has 0 spiro atoms. The van der Waals surface area contributed by atoms with Crippen molar-refractivity contribution in [3.05, 3.63) is 64.7 Å². The first-order valence-electron chi connectivity index (χ1n) is 9.16. The van der Waals surface area contributed by atoms with Crippen LogP contribution in [0.1, 0.15) is 36.8 Å². The van der Waals surface area contributed by atoms with E-state index in [4.69, 9.17) is 17.1 Å². The van der Waals surface area contributed by atoms with Crippen LogP contribution in [0, 0.1) is 29.1 Å². The molecule has 3 rings (SSSR count). The van der Waals surface area contributed by atoms with E-state index < -0.39 is 46.7 Å². The number of nitrogens with zero attached hydrogens (tertiary/aromatic N) is 2. The van der Waals surface area contributed by atoms with E-state index in [0.29, 0.717) is 23.5 Å². The van der Waals surface area contributed by atoms with Gasteiger partial charge in [-0.15, -0.1) is 0 Å². The van der Waals surface area contributed by atoms with Gasteiger partial charge in [0.05, 0.1) is 21.7 Å². The predicted octanol–water partition coefficient (Wildman–Crippen LogP) is 4.71. The van der Waals surface area contributed by atoms with Crippen LogP contribution in [0.2, 0.25) is 0 Å². The maximum Gasteiger partial charge on any atom is 0.200 e. The Morgan fingerprint density at radius 2 is 1.80 bits per heavy atom. The molecule has 1 heterocycles. The molecular weight excluding hydrogens is 425 g/mol. The average Bonchev–Trinajstić information content (AvgIpc) is 2.79. The number of thiocarbonyl (C=S) groups is 1. The highest BCUT2D eigenvalue weighted by Gasteiger charge is 2.44. The second-order valence-electron chi connectivity index (χ2n) is 6.79. The number of hydrogen-bond acceptors (Lipinski definition) is 4. The molecular formula is C20H18F5N3OS. The van der Waals surface area contributed by atoms with E-state index in [9.17, 15) is 22.0 Å². The highest BCUT2D eigenvalue weighted by Crippen LogP contribution is 2.38. The van der Waals surface area contributed by atoms with Crippen molar-refractivity contribution in [2.45, 2.75) is 37.7 Å². The summed E-state index contributed by atoms with van der Waals surface area (Å²) in [6.45, 7) is -0.926. The smallest absolute Gasteiger partial charge is 0.200 e. The Morgan fingerprint density at radius 3 is 2.40 bits per heavy atom. The summed E-state index contributed by atoms with van der Waals surface area (Å²) in [6.07, 6.45) is 5.96. The summed E-state index contributed by atoms with van der Waals surface area (Å²) >= 11 is 5.54. The molecule has 1 aromatic heterocycles. The monoisotopic (exact) mass is 443 g/mol. The van der Waals surface area contributed by atoms with Crippen LogP contribution in [-0.4, -0.2) is 22.7 Å². The highest BCUT2D eigenvalue weighted by molar-refractivity contribution is 7.80. The van der Waals surface area contributed by atoms with Gasteiger partial charge in [0.25, 0.3) is 0 Å². The van der Waals surface area contributed by atoms with Gasteiger partial charge in [-0.25, -0.2) is 22.0 Å². The second kappa shape index (κ2) is 9.03. The number of pyridine rings is 1. The van der Waals surface area contributed by atoms with Crippen molar-refractivity contribution in [3.8, 4) is 0 Å². The summed E-state index contributed by atoms with van der Waals surface area (Å²) < 4.78 is 67.8. The van der Waals surface area contributed by atoms with Crippen molar-refractivity contribution < 1.29 is 26.8 Å². The Labute approximate surface area is 175 Å². The summed E-state index contributed by atoms with van der Waals surface area (Å²) in [6, 6.07) is 3.58. The van der Waals surface area contributed by atoms with Gasteiger partial charge in [0, 0.05) is 19.4 Å². The SMILES string of the molecule is CNC(=S)[C@]1(c2cccnc2)CCCC/C1=N/OCc1c(F)c(F)c(F)c(F)c1F. The molecule has 1 fully saturated rings. The summed E-state index contributed by atoms with van der Waals surface area (Å²) in [4.78, 5) is 9.69. The number of rotatable bonds is 5. The molecule has 0 radical (unpaired) electrons. The summed E-state index contributed by atoms with van der Waals surface area (Å²) in [5.74, 6) is -10.2.